The van der Waals surface area contributed by atoms with Gasteiger partial charge in [0.2, 0.25) is 5.91 Å². The van der Waals surface area contributed by atoms with Gasteiger partial charge in [0.05, 0.1) is 0 Å². The molecule has 0 radical (unpaired) electrons. The van der Waals surface area contributed by atoms with Crippen LogP contribution in [0, 0.1) is 0 Å². The van der Waals surface area contributed by atoms with Gasteiger partial charge in [-0.3, -0.25) is 4.79 Å². The van der Waals surface area contributed by atoms with E-state index in [0.29, 0.717) is 13.0 Å². The highest BCUT2D eigenvalue weighted by Gasteiger charge is 2.16. The first-order chi connectivity index (χ1) is 10.4. The maximum absolute atomic E-state index is 11.9. The highest BCUT2D eigenvalue weighted by molar-refractivity contribution is 5.76. The van der Waals surface area contributed by atoms with Crippen molar-refractivity contribution in [2.24, 2.45) is 0 Å². The van der Waals surface area contributed by atoms with Crippen molar-refractivity contribution >= 4 is 12.0 Å². The fraction of sp³-hybridized carbons (Fsp3) is 0.875. The van der Waals surface area contributed by atoms with Gasteiger partial charge < -0.3 is 20.3 Å². The standard InChI is InChI=1S/C16H31N3O3/c1-16(2,3)22-15(21)18-9-7-5-4-6-8-14(20)19-12-10-17-11-13-19/h17H,4-13H2,1-3H3,(H,18,21). The monoisotopic (exact) mass is 313 g/mol. The predicted molar refractivity (Wildman–Crippen MR) is 86.8 cm³/mol. The van der Waals surface area contributed by atoms with Crippen LogP contribution in [0.15, 0.2) is 0 Å². The van der Waals surface area contributed by atoms with Gasteiger partial charge in [0, 0.05) is 39.1 Å². The summed E-state index contributed by atoms with van der Waals surface area (Å²) in [6.07, 6.45) is 4.16. The van der Waals surface area contributed by atoms with Crippen molar-refractivity contribution in [3.63, 3.8) is 0 Å². The Labute approximate surface area is 134 Å². The molecule has 6 heteroatoms. The molecule has 128 valence electrons. The number of carbonyl (C=O) groups excluding carboxylic acids is 2. The molecule has 1 rings (SSSR count). The third-order valence-electron chi connectivity index (χ3n) is 3.46. The van der Waals surface area contributed by atoms with Gasteiger partial charge in [-0.2, -0.15) is 0 Å². The summed E-state index contributed by atoms with van der Waals surface area (Å²) >= 11 is 0. The van der Waals surface area contributed by atoms with Crippen LogP contribution in [0.5, 0.6) is 0 Å². The van der Waals surface area contributed by atoms with E-state index >= 15 is 0 Å². The van der Waals surface area contributed by atoms with E-state index in [1.165, 1.54) is 0 Å². The van der Waals surface area contributed by atoms with Gasteiger partial charge in [0.1, 0.15) is 5.60 Å². The Balaban J connectivity index is 1.95. The number of ether oxygens (including phenoxy) is 1. The molecule has 0 aromatic heterocycles. The number of amides is 2. The van der Waals surface area contributed by atoms with Crippen molar-refractivity contribution in [1.82, 2.24) is 15.5 Å². The van der Waals surface area contributed by atoms with E-state index in [2.05, 4.69) is 10.6 Å². The van der Waals surface area contributed by atoms with Gasteiger partial charge in [-0.05, 0) is 33.6 Å². The molecule has 2 N–H and O–H groups in total. The quantitative estimate of drug-likeness (QED) is 0.704. The Morgan fingerprint density at radius 3 is 2.36 bits per heavy atom. The van der Waals surface area contributed by atoms with Crippen molar-refractivity contribution in [3.8, 4) is 0 Å². The smallest absolute Gasteiger partial charge is 0.407 e. The number of alkyl carbamates (subject to hydrolysis) is 1. The van der Waals surface area contributed by atoms with E-state index in [4.69, 9.17) is 4.74 Å². The van der Waals surface area contributed by atoms with Gasteiger partial charge in [0.15, 0.2) is 0 Å². The predicted octanol–water partition coefficient (Wildman–Crippen LogP) is 1.89. The molecular weight excluding hydrogens is 282 g/mol. The molecule has 0 aliphatic carbocycles. The Bertz CT molecular complexity index is 347. The molecule has 0 bridgehead atoms. The molecule has 0 aromatic rings. The van der Waals surface area contributed by atoms with Crippen molar-refractivity contribution in [1.29, 1.82) is 0 Å². The Morgan fingerprint density at radius 2 is 1.73 bits per heavy atom. The zero-order chi connectivity index (χ0) is 16.4. The van der Waals surface area contributed by atoms with Gasteiger partial charge in [-0.1, -0.05) is 12.8 Å². The van der Waals surface area contributed by atoms with E-state index in [-0.39, 0.29) is 12.0 Å². The maximum Gasteiger partial charge on any atom is 0.407 e. The summed E-state index contributed by atoms with van der Waals surface area (Å²) in [5, 5.41) is 5.99. The summed E-state index contributed by atoms with van der Waals surface area (Å²) in [4.78, 5) is 25.3. The summed E-state index contributed by atoms with van der Waals surface area (Å²) in [6, 6.07) is 0. The summed E-state index contributed by atoms with van der Waals surface area (Å²) in [5.41, 5.74) is -0.450. The fourth-order valence-electron chi connectivity index (χ4n) is 2.33. The van der Waals surface area contributed by atoms with Crippen LogP contribution in [0.4, 0.5) is 4.79 Å². The Morgan fingerprint density at radius 1 is 1.09 bits per heavy atom. The van der Waals surface area contributed by atoms with E-state index in [1.807, 2.05) is 25.7 Å². The minimum Gasteiger partial charge on any atom is -0.444 e. The largest absolute Gasteiger partial charge is 0.444 e. The number of nitrogens with one attached hydrogen (secondary N) is 2. The van der Waals surface area contributed by atoms with Crippen molar-refractivity contribution < 1.29 is 14.3 Å². The van der Waals surface area contributed by atoms with E-state index < -0.39 is 5.60 Å². The fourth-order valence-corrected chi connectivity index (χ4v) is 2.33. The van der Waals surface area contributed by atoms with Gasteiger partial charge in [-0.15, -0.1) is 0 Å². The third kappa shape index (κ3) is 8.87. The van der Waals surface area contributed by atoms with E-state index in [9.17, 15) is 9.59 Å². The molecule has 0 atom stereocenters. The number of piperazine rings is 1. The number of nitrogens with zero attached hydrogens (tertiary/aromatic N) is 1. The number of rotatable bonds is 7. The normalized spacial score (nSPS) is 15.5. The molecule has 1 aliphatic heterocycles. The second-order valence-corrected chi connectivity index (χ2v) is 6.72. The lowest BCUT2D eigenvalue weighted by molar-refractivity contribution is -0.131. The second kappa shape index (κ2) is 9.66. The van der Waals surface area contributed by atoms with Gasteiger partial charge >= 0.3 is 6.09 Å². The average Bonchev–Trinajstić information content (AvgIpc) is 2.45. The number of carbonyl (C=O) groups is 2. The van der Waals surface area contributed by atoms with Crippen LogP contribution in [-0.4, -0.2) is 55.2 Å². The Kier molecular flexibility index (Phi) is 8.24. The maximum atomic E-state index is 11.9. The van der Waals surface area contributed by atoms with Gasteiger partial charge in [-0.25, -0.2) is 4.79 Å². The van der Waals surface area contributed by atoms with Crippen LogP contribution in [0.1, 0.15) is 52.9 Å². The van der Waals surface area contributed by atoms with Gasteiger partial charge in [0.25, 0.3) is 0 Å². The summed E-state index contributed by atoms with van der Waals surface area (Å²) < 4.78 is 5.16. The third-order valence-corrected chi connectivity index (χ3v) is 3.46. The highest BCUT2D eigenvalue weighted by atomic mass is 16.6. The summed E-state index contributed by atoms with van der Waals surface area (Å²) in [6.45, 7) is 9.65. The zero-order valence-corrected chi connectivity index (χ0v) is 14.2. The van der Waals surface area contributed by atoms with E-state index in [0.717, 1.165) is 51.9 Å². The lowest BCUT2D eigenvalue weighted by Gasteiger charge is -2.27. The van der Waals surface area contributed by atoms with Crippen LogP contribution in [0.2, 0.25) is 0 Å². The molecule has 0 unspecified atom stereocenters. The van der Waals surface area contributed by atoms with E-state index in [1.54, 1.807) is 0 Å². The molecule has 1 saturated heterocycles. The minimum absolute atomic E-state index is 0.272. The van der Waals surface area contributed by atoms with Crippen molar-refractivity contribution in [2.45, 2.75) is 58.5 Å². The lowest BCUT2D eigenvalue weighted by atomic mass is 10.1. The SMILES string of the molecule is CC(C)(C)OC(=O)NCCCCCCC(=O)N1CCNCC1. The van der Waals surface area contributed by atoms with Crippen molar-refractivity contribution in [2.75, 3.05) is 32.7 Å². The topological polar surface area (TPSA) is 70.7 Å². The highest BCUT2D eigenvalue weighted by Crippen LogP contribution is 2.08. The summed E-state index contributed by atoms with van der Waals surface area (Å²) in [7, 11) is 0. The number of unbranched alkanes of at least 4 members (excludes halogenated alkanes) is 3. The minimum atomic E-state index is -0.450. The average molecular weight is 313 g/mol. The van der Waals surface area contributed by atoms with Crippen LogP contribution in [-0.2, 0) is 9.53 Å². The molecule has 6 nitrogen and oxygen atoms in total. The van der Waals surface area contributed by atoms with Crippen LogP contribution < -0.4 is 10.6 Å². The lowest BCUT2D eigenvalue weighted by Crippen LogP contribution is -2.46. The summed E-state index contributed by atoms with van der Waals surface area (Å²) in [5.74, 6) is 0.272. The second-order valence-electron chi connectivity index (χ2n) is 6.72. The molecule has 0 aromatic carbocycles. The first-order valence-corrected chi connectivity index (χ1v) is 8.34. The molecule has 0 spiro atoms. The number of hydrogen-bond acceptors (Lipinski definition) is 4. The van der Waals surface area contributed by atoms with Crippen LogP contribution in [0.3, 0.4) is 0 Å². The molecule has 2 amide bonds. The van der Waals surface area contributed by atoms with Crippen molar-refractivity contribution in [3.05, 3.63) is 0 Å². The molecule has 0 saturated carbocycles. The molecular formula is C16H31N3O3. The van der Waals surface area contributed by atoms with Crippen LogP contribution >= 0.6 is 0 Å². The molecule has 1 aliphatic rings. The zero-order valence-electron chi connectivity index (χ0n) is 14.2. The first-order valence-electron chi connectivity index (χ1n) is 8.34. The number of hydrogen-bond donors (Lipinski definition) is 2. The molecule has 22 heavy (non-hydrogen) atoms. The Hall–Kier alpha value is -1.30. The molecule has 1 fully saturated rings. The van der Waals surface area contributed by atoms with Crippen LogP contribution in [0.25, 0.3) is 0 Å². The molecule has 1 heterocycles. The first kappa shape index (κ1) is 18.7.